The lowest BCUT2D eigenvalue weighted by molar-refractivity contribution is 0.587. The van der Waals surface area contributed by atoms with Crippen molar-refractivity contribution in [3.8, 4) is 28.3 Å². The molecular weight excluding hydrogens is 802 g/mol. The molecule has 4 aromatic heterocycles. The third-order valence-corrected chi connectivity index (χ3v) is 15.2. The third-order valence-electron chi connectivity index (χ3n) is 14.1. The molecule has 0 saturated carbocycles. The van der Waals surface area contributed by atoms with E-state index in [1.54, 1.807) is 0 Å². The van der Waals surface area contributed by atoms with Gasteiger partial charge in [-0.25, -0.2) is 4.98 Å². The summed E-state index contributed by atoms with van der Waals surface area (Å²) in [4.78, 5) is 7.79. The molecule has 0 aliphatic carbocycles. The maximum absolute atomic E-state index is 6.84. The normalized spacial score (nSPS) is 13.7. The first-order valence-electron chi connectivity index (χ1n) is 22.3. The second-order valence-electron chi connectivity index (χ2n) is 20.0. The quantitative estimate of drug-likeness (QED) is 0.163. The molecule has 0 radical (unpaired) electrons. The van der Waals surface area contributed by atoms with Gasteiger partial charge in [0.05, 0.1) is 11.0 Å². The minimum atomic E-state index is -0.176. The van der Waals surface area contributed by atoms with Gasteiger partial charge < -0.3 is 18.2 Å². The van der Waals surface area contributed by atoms with E-state index in [0.717, 1.165) is 61.2 Å². The molecule has 8 aromatic carbocycles. The Morgan fingerprint density at radius 1 is 0.531 bits per heavy atom. The molecular formula is C57H42BN3O2S. The minimum absolute atomic E-state index is 0.000391. The SMILES string of the molecule is CC(C)(C)c1ccc(N2B3c4cc5nc(-c6ccccc6)oc5cc4-n4c5cc6c(cc5c5ccc(c3c54)-c3cc4oc5cc(C(C)(C)C)ccc5c4cc32)sc2ccccc26)cc1. The molecule has 12 aromatic rings. The van der Waals surface area contributed by atoms with E-state index < -0.39 is 0 Å². The van der Waals surface area contributed by atoms with Crippen LogP contribution >= 0.6 is 11.3 Å². The standard InChI is InChI=1S/C57H42BN3O2S/c1-56(2,3)32-16-19-34(20-17-32)61-46-25-41-35-21-18-33(57(4,5)6)24-48(35)62-49(41)27-39(46)37-22-23-38-40-28-52-42(36-14-10-11-15-51(36)64-52)26-45(40)60-47-30-50-44(29-43(47)58(61)53(37)54(38)60)59-55(63-50)31-12-8-7-9-13-31/h7-30H,1-6H3. The zero-order valence-corrected chi connectivity index (χ0v) is 37.3. The Labute approximate surface area is 374 Å². The number of furan rings is 1. The van der Waals surface area contributed by atoms with Gasteiger partial charge in [0.2, 0.25) is 5.89 Å². The summed E-state index contributed by atoms with van der Waals surface area (Å²) in [5.74, 6) is 0.623. The lowest BCUT2D eigenvalue weighted by atomic mass is 9.44. The number of nitrogens with zero attached hydrogens (tertiary/aromatic N) is 3. The summed E-state index contributed by atoms with van der Waals surface area (Å²) >= 11 is 1.87. The van der Waals surface area contributed by atoms with Crippen LogP contribution < -0.4 is 15.7 Å². The summed E-state index contributed by atoms with van der Waals surface area (Å²) in [5.41, 5.74) is 17.7. The van der Waals surface area contributed by atoms with Gasteiger partial charge in [-0.05, 0) is 105 Å². The second-order valence-corrected chi connectivity index (χ2v) is 21.1. The van der Waals surface area contributed by atoms with Crippen LogP contribution in [-0.4, -0.2) is 16.4 Å². The molecule has 64 heavy (non-hydrogen) atoms. The topological polar surface area (TPSA) is 47.3 Å². The van der Waals surface area contributed by atoms with Crippen LogP contribution in [-0.2, 0) is 10.8 Å². The fraction of sp³-hybridized carbons (Fsp3) is 0.140. The molecule has 0 saturated heterocycles. The Bertz CT molecular complexity index is 3990. The number of aromatic nitrogens is 2. The van der Waals surface area contributed by atoms with E-state index in [0.29, 0.717) is 5.89 Å². The highest BCUT2D eigenvalue weighted by atomic mass is 32.1. The lowest BCUT2D eigenvalue weighted by Crippen LogP contribution is -2.60. The number of hydrogen-bond acceptors (Lipinski definition) is 5. The highest BCUT2D eigenvalue weighted by Gasteiger charge is 2.45. The first-order chi connectivity index (χ1) is 31.0. The molecule has 0 bridgehead atoms. The van der Waals surface area contributed by atoms with Crippen molar-refractivity contribution in [1.82, 2.24) is 9.55 Å². The molecule has 0 unspecified atom stereocenters. The first-order valence-corrected chi connectivity index (χ1v) is 23.1. The van der Waals surface area contributed by atoms with Crippen LogP contribution in [0.25, 0.3) is 103 Å². The molecule has 0 fully saturated rings. The van der Waals surface area contributed by atoms with Crippen molar-refractivity contribution < 1.29 is 8.83 Å². The van der Waals surface area contributed by atoms with E-state index in [1.165, 1.54) is 69.6 Å². The summed E-state index contributed by atoms with van der Waals surface area (Å²) in [6.45, 7) is 13.5. The van der Waals surface area contributed by atoms with Gasteiger partial charge in [0.25, 0.3) is 0 Å². The molecule has 7 heteroatoms. The van der Waals surface area contributed by atoms with Crippen LogP contribution in [0, 0.1) is 0 Å². The summed E-state index contributed by atoms with van der Waals surface area (Å²) < 4.78 is 18.7. The van der Waals surface area contributed by atoms with Gasteiger partial charge in [-0.15, -0.1) is 11.3 Å². The molecule has 0 atom stereocenters. The largest absolute Gasteiger partial charge is 0.456 e. The van der Waals surface area contributed by atoms with Crippen molar-refractivity contribution in [2.24, 2.45) is 0 Å². The summed E-state index contributed by atoms with van der Waals surface area (Å²) in [7, 11) is 0. The van der Waals surface area contributed by atoms with Crippen LogP contribution in [0.1, 0.15) is 52.7 Å². The van der Waals surface area contributed by atoms with Gasteiger partial charge in [0.1, 0.15) is 16.7 Å². The van der Waals surface area contributed by atoms with Gasteiger partial charge >= 0.3 is 6.85 Å². The smallest absolute Gasteiger partial charge is 0.333 e. The van der Waals surface area contributed by atoms with Crippen molar-refractivity contribution in [2.75, 3.05) is 4.81 Å². The first kappa shape index (κ1) is 36.4. The maximum atomic E-state index is 6.84. The van der Waals surface area contributed by atoms with Crippen LogP contribution in [0.5, 0.6) is 0 Å². The van der Waals surface area contributed by atoms with E-state index in [1.807, 2.05) is 29.5 Å². The molecule has 6 heterocycles. The fourth-order valence-electron chi connectivity index (χ4n) is 10.9. The van der Waals surface area contributed by atoms with Crippen LogP contribution in [0.15, 0.2) is 154 Å². The van der Waals surface area contributed by atoms with Crippen LogP contribution in [0.3, 0.4) is 0 Å². The van der Waals surface area contributed by atoms with E-state index >= 15 is 0 Å². The number of anilines is 2. The Balaban J connectivity index is 1.13. The summed E-state index contributed by atoms with van der Waals surface area (Å²) in [5, 5.41) is 7.32. The van der Waals surface area contributed by atoms with Crippen LogP contribution in [0.2, 0.25) is 0 Å². The Kier molecular flexibility index (Phi) is 7.02. The molecule has 2 aliphatic rings. The average molecular weight is 844 g/mol. The Hall–Kier alpha value is -7.09. The van der Waals surface area contributed by atoms with E-state index in [9.17, 15) is 0 Å². The summed E-state index contributed by atoms with van der Waals surface area (Å²) in [6.07, 6.45) is 0. The number of thiophene rings is 1. The van der Waals surface area contributed by atoms with Gasteiger partial charge in [0, 0.05) is 76.0 Å². The Morgan fingerprint density at radius 2 is 1.28 bits per heavy atom. The van der Waals surface area contributed by atoms with Crippen molar-refractivity contribution in [2.45, 2.75) is 52.4 Å². The van der Waals surface area contributed by atoms with Crippen molar-refractivity contribution >= 4 is 116 Å². The zero-order chi connectivity index (χ0) is 43.0. The number of hydrogen-bond donors (Lipinski definition) is 0. The van der Waals surface area contributed by atoms with E-state index in [2.05, 4.69) is 178 Å². The van der Waals surface area contributed by atoms with Gasteiger partial charge in [-0.2, -0.15) is 0 Å². The summed E-state index contributed by atoms with van der Waals surface area (Å²) in [6, 6.07) is 54.0. The predicted molar refractivity (Wildman–Crippen MR) is 270 cm³/mol. The van der Waals surface area contributed by atoms with Gasteiger partial charge in [-0.1, -0.05) is 114 Å². The third kappa shape index (κ3) is 4.93. The van der Waals surface area contributed by atoms with Gasteiger partial charge in [0.15, 0.2) is 5.58 Å². The van der Waals surface area contributed by atoms with Crippen molar-refractivity contribution in [3.63, 3.8) is 0 Å². The highest BCUT2D eigenvalue weighted by Crippen LogP contribution is 2.49. The lowest BCUT2D eigenvalue weighted by Gasteiger charge is -2.42. The molecule has 0 spiro atoms. The average Bonchev–Trinajstić information content (AvgIpc) is 4.06. The number of fused-ring (bicyclic) bond motifs is 15. The van der Waals surface area contributed by atoms with E-state index in [-0.39, 0.29) is 17.7 Å². The number of benzene rings is 8. The van der Waals surface area contributed by atoms with Gasteiger partial charge in [-0.3, -0.25) is 0 Å². The number of rotatable bonds is 2. The zero-order valence-electron chi connectivity index (χ0n) is 36.5. The monoisotopic (exact) mass is 843 g/mol. The molecule has 0 amide bonds. The van der Waals surface area contributed by atoms with Crippen LogP contribution in [0.4, 0.5) is 11.4 Å². The number of oxazole rings is 1. The molecule has 0 N–H and O–H groups in total. The fourth-order valence-corrected chi connectivity index (χ4v) is 12.0. The second kappa shape index (κ2) is 12.3. The van der Waals surface area contributed by atoms with E-state index in [4.69, 9.17) is 13.8 Å². The minimum Gasteiger partial charge on any atom is -0.456 e. The highest BCUT2D eigenvalue weighted by molar-refractivity contribution is 7.25. The van der Waals surface area contributed by atoms with Crippen molar-refractivity contribution in [1.29, 1.82) is 0 Å². The molecule has 306 valence electrons. The molecule has 14 rings (SSSR count). The molecule has 2 aliphatic heterocycles. The molecule has 5 nitrogen and oxygen atoms in total. The Morgan fingerprint density at radius 3 is 2.09 bits per heavy atom. The van der Waals surface area contributed by atoms with Crippen molar-refractivity contribution in [3.05, 3.63) is 157 Å². The predicted octanol–water partition coefficient (Wildman–Crippen LogP) is 14.7. The maximum Gasteiger partial charge on any atom is 0.333 e.